The van der Waals surface area contributed by atoms with Crippen molar-refractivity contribution in [3.05, 3.63) is 47.0 Å². The molecular weight excluding hydrogens is 254 g/mol. The molecule has 0 amide bonds. The Kier molecular flexibility index (Phi) is 7.02. The molecule has 1 aliphatic carbocycles. The molecule has 0 saturated carbocycles. The van der Waals surface area contributed by atoms with Crippen molar-refractivity contribution in [2.45, 2.75) is 71.3 Å². The standard InChI is InChI=1S/C20H31N/c1-3-14-21-20(15-18-8-6-5-7-9-18)16-19-12-10-17(4-2)11-13-19/h8,10-13,20-21H,3-7,9,14-16H2,1-2H3. The minimum Gasteiger partial charge on any atom is -0.313 e. The topological polar surface area (TPSA) is 12.0 Å². The lowest BCUT2D eigenvalue weighted by Crippen LogP contribution is -2.32. The van der Waals surface area contributed by atoms with E-state index in [0.29, 0.717) is 6.04 Å². The number of rotatable bonds is 8. The predicted molar refractivity (Wildman–Crippen MR) is 92.8 cm³/mol. The summed E-state index contributed by atoms with van der Waals surface area (Å²) in [6.07, 6.45) is 12.6. The average molecular weight is 285 g/mol. The molecule has 21 heavy (non-hydrogen) atoms. The van der Waals surface area contributed by atoms with Crippen molar-refractivity contribution in [3.8, 4) is 0 Å². The summed E-state index contributed by atoms with van der Waals surface area (Å²) in [6, 6.07) is 9.79. The molecule has 0 saturated heterocycles. The molecule has 0 spiro atoms. The number of aryl methyl sites for hydroxylation is 1. The van der Waals surface area contributed by atoms with Crippen molar-refractivity contribution in [1.29, 1.82) is 0 Å². The summed E-state index contributed by atoms with van der Waals surface area (Å²) in [5.41, 5.74) is 4.59. The molecule has 0 bridgehead atoms. The van der Waals surface area contributed by atoms with E-state index < -0.39 is 0 Å². The van der Waals surface area contributed by atoms with Crippen LogP contribution in [0.2, 0.25) is 0 Å². The summed E-state index contributed by atoms with van der Waals surface area (Å²) in [4.78, 5) is 0. The zero-order chi connectivity index (χ0) is 14.9. The van der Waals surface area contributed by atoms with Crippen LogP contribution in [0.5, 0.6) is 0 Å². The summed E-state index contributed by atoms with van der Waals surface area (Å²) in [5.74, 6) is 0. The van der Waals surface area contributed by atoms with Gasteiger partial charge >= 0.3 is 0 Å². The Morgan fingerprint density at radius 2 is 1.76 bits per heavy atom. The first-order chi connectivity index (χ1) is 10.3. The highest BCUT2D eigenvalue weighted by atomic mass is 14.9. The third-order valence-corrected chi connectivity index (χ3v) is 4.49. The zero-order valence-electron chi connectivity index (χ0n) is 13.8. The zero-order valence-corrected chi connectivity index (χ0v) is 13.8. The molecule has 1 aromatic carbocycles. The molecule has 0 aliphatic heterocycles. The van der Waals surface area contributed by atoms with Gasteiger partial charge in [0.2, 0.25) is 0 Å². The minimum absolute atomic E-state index is 0.599. The Balaban J connectivity index is 1.95. The van der Waals surface area contributed by atoms with E-state index in [-0.39, 0.29) is 0 Å². The van der Waals surface area contributed by atoms with Gasteiger partial charge in [-0.2, -0.15) is 0 Å². The van der Waals surface area contributed by atoms with Crippen LogP contribution < -0.4 is 5.32 Å². The van der Waals surface area contributed by atoms with Gasteiger partial charge in [-0.1, -0.05) is 49.8 Å². The highest BCUT2D eigenvalue weighted by Crippen LogP contribution is 2.22. The van der Waals surface area contributed by atoms with Crippen LogP contribution >= 0.6 is 0 Å². The minimum atomic E-state index is 0.599. The first-order valence-corrected chi connectivity index (χ1v) is 8.81. The quantitative estimate of drug-likeness (QED) is 0.659. The lowest BCUT2D eigenvalue weighted by Gasteiger charge is -2.22. The molecule has 0 radical (unpaired) electrons. The summed E-state index contributed by atoms with van der Waals surface area (Å²) in [7, 11) is 0. The van der Waals surface area contributed by atoms with Gasteiger partial charge in [-0.05, 0) is 69.0 Å². The summed E-state index contributed by atoms with van der Waals surface area (Å²) >= 11 is 0. The number of benzene rings is 1. The van der Waals surface area contributed by atoms with Crippen LogP contribution in [0.25, 0.3) is 0 Å². The van der Waals surface area contributed by atoms with E-state index in [0.717, 1.165) is 19.4 Å². The number of hydrogen-bond acceptors (Lipinski definition) is 1. The van der Waals surface area contributed by atoms with Crippen LogP contribution in [0, 0.1) is 0 Å². The maximum Gasteiger partial charge on any atom is 0.0145 e. The van der Waals surface area contributed by atoms with Gasteiger partial charge in [0.15, 0.2) is 0 Å². The van der Waals surface area contributed by atoms with Gasteiger partial charge < -0.3 is 5.32 Å². The molecule has 1 aliphatic rings. The summed E-state index contributed by atoms with van der Waals surface area (Å²) in [5, 5.41) is 3.75. The first-order valence-electron chi connectivity index (χ1n) is 8.81. The molecule has 2 rings (SSSR count). The maximum atomic E-state index is 3.75. The monoisotopic (exact) mass is 285 g/mol. The third kappa shape index (κ3) is 5.67. The molecule has 116 valence electrons. The van der Waals surface area contributed by atoms with Crippen LogP contribution in [0.15, 0.2) is 35.9 Å². The van der Waals surface area contributed by atoms with Crippen LogP contribution in [0.1, 0.15) is 63.5 Å². The van der Waals surface area contributed by atoms with Crippen LogP contribution in [0.4, 0.5) is 0 Å². The van der Waals surface area contributed by atoms with Gasteiger partial charge in [0.05, 0.1) is 0 Å². The van der Waals surface area contributed by atoms with Gasteiger partial charge in [-0.15, -0.1) is 0 Å². The third-order valence-electron chi connectivity index (χ3n) is 4.49. The van der Waals surface area contributed by atoms with Crippen molar-refractivity contribution in [2.24, 2.45) is 0 Å². The average Bonchev–Trinajstić information content (AvgIpc) is 2.54. The van der Waals surface area contributed by atoms with Crippen molar-refractivity contribution in [1.82, 2.24) is 5.32 Å². The molecule has 1 nitrogen and oxygen atoms in total. The molecule has 1 aromatic rings. The first kappa shape index (κ1) is 16.3. The number of allylic oxidation sites excluding steroid dienone is 1. The molecule has 0 fully saturated rings. The molecule has 1 heteroatoms. The van der Waals surface area contributed by atoms with Gasteiger partial charge in [-0.3, -0.25) is 0 Å². The second kappa shape index (κ2) is 9.04. The SMILES string of the molecule is CCCNC(CC1=CCCCC1)Cc1ccc(CC)cc1. The fraction of sp³-hybridized carbons (Fsp3) is 0.600. The van der Waals surface area contributed by atoms with Crippen LogP contribution in [-0.2, 0) is 12.8 Å². The van der Waals surface area contributed by atoms with E-state index in [4.69, 9.17) is 0 Å². The number of hydrogen-bond donors (Lipinski definition) is 1. The Hall–Kier alpha value is -1.08. The van der Waals surface area contributed by atoms with Crippen LogP contribution in [-0.4, -0.2) is 12.6 Å². The molecule has 0 aromatic heterocycles. The highest BCUT2D eigenvalue weighted by Gasteiger charge is 2.13. The summed E-state index contributed by atoms with van der Waals surface area (Å²) < 4.78 is 0. The molecule has 1 unspecified atom stereocenters. The van der Waals surface area contributed by atoms with E-state index in [1.807, 2.05) is 0 Å². The van der Waals surface area contributed by atoms with Crippen molar-refractivity contribution >= 4 is 0 Å². The van der Waals surface area contributed by atoms with Gasteiger partial charge in [0.1, 0.15) is 0 Å². The Bertz CT molecular complexity index is 430. The molecule has 1 atom stereocenters. The fourth-order valence-electron chi connectivity index (χ4n) is 3.17. The van der Waals surface area contributed by atoms with Gasteiger partial charge in [0.25, 0.3) is 0 Å². The lowest BCUT2D eigenvalue weighted by molar-refractivity contribution is 0.490. The Morgan fingerprint density at radius 3 is 2.38 bits per heavy atom. The highest BCUT2D eigenvalue weighted by molar-refractivity contribution is 5.23. The van der Waals surface area contributed by atoms with Crippen LogP contribution in [0.3, 0.4) is 0 Å². The molecule has 1 N–H and O–H groups in total. The lowest BCUT2D eigenvalue weighted by atomic mass is 9.91. The molecular formula is C20H31N. The maximum absolute atomic E-state index is 3.75. The van der Waals surface area contributed by atoms with E-state index in [1.54, 1.807) is 5.57 Å². The second-order valence-corrected chi connectivity index (χ2v) is 6.34. The fourth-order valence-corrected chi connectivity index (χ4v) is 3.17. The van der Waals surface area contributed by atoms with E-state index in [9.17, 15) is 0 Å². The summed E-state index contributed by atoms with van der Waals surface area (Å²) in [6.45, 7) is 5.60. The van der Waals surface area contributed by atoms with Crippen molar-refractivity contribution in [2.75, 3.05) is 6.54 Å². The van der Waals surface area contributed by atoms with Gasteiger partial charge in [-0.25, -0.2) is 0 Å². The van der Waals surface area contributed by atoms with Gasteiger partial charge in [0, 0.05) is 6.04 Å². The molecule has 0 heterocycles. The van der Waals surface area contributed by atoms with E-state index >= 15 is 0 Å². The van der Waals surface area contributed by atoms with Crippen molar-refractivity contribution in [3.63, 3.8) is 0 Å². The van der Waals surface area contributed by atoms with E-state index in [1.165, 1.54) is 49.7 Å². The van der Waals surface area contributed by atoms with E-state index in [2.05, 4.69) is 49.5 Å². The normalized spacial score (nSPS) is 16.6. The Labute approximate surface area is 130 Å². The largest absolute Gasteiger partial charge is 0.313 e. The Morgan fingerprint density at radius 1 is 1.00 bits per heavy atom. The smallest absolute Gasteiger partial charge is 0.0145 e. The number of nitrogens with one attached hydrogen (secondary N) is 1. The van der Waals surface area contributed by atoms with Crippen molar-refractivity contribution < 1.29 is 0 Å². The predicted octanol–water partition coefficient (Wildman–Crippen LogP) is 5.05. The second-order valence-electron chi connectivity index (χ2n) is 6.34.